The zero-order chi connectivity index (χ0) is 12.4. The Kier molecular flexibility index (Phi) is 3.64. The van der Waals surface area contributed by atoms with E-state index >= 15 is 0 Å². The number of carboxylic acid groups (broad SMARTS) is 1. The van der Waals surface area contributed by atoms with Crippen LogP contribution in [0.3, 0.4) is 0 Å². The second kappa shape index (κ2) is 5.02. The highest BCUT2D eigenvalue weighted by Crippen LogP contribution is 2.24. The van der Waals surface area contributed by atoms with Gasteiger partial charge >= 0.3 is 5.97 Å². The number of carbonyl (C=O) groups is 1. The Bertz CT molecular complexity index is 439. The Morgan fingerprint density at radius 1 is 1.59 bits per heavy atom. The number of likely N-dealkylation sites (tertiary alicyclic amines) is 1. The summed E-state index contributed by atoms with van der Waals surface area (Å²) in [6.07, 6.45) is 1.46. The fraction of sp³-hybridized carbons (Fsp3) is 0.417. The molecule has 5 heteroatoms. The lowest BCUT2D eigenvalue weighted by Gasteiger charge is -2.21. The maximum Gasteiger partial charge on any atom is 0.320 e. The molecule has 1 heterocycles. The molecule has 3 nitrogen and oxygen atoms in total. The minimum absolute atomic E-state index is 0.0774. The SMILES string of the molecule is O=C(O)[C@H]1CCCN1Cc1cccc(Cl)c1F. The van der Waals surface area contributed by atoms with Crippen LogP contribution in [0.4, 0.5) is 4.39 Å². The molecule has 1 N–H and O–H groups in total. The normalized spacial score (nSPS) is 20.7. The van der Waals surface area contributed by atoms with E-state index in [2.05, 4.69) is 0 Å². The summed E-state index contributed by atoms with van der Waals surface area (Å²) in [5.41, 5.74) is 0.450. The first-order valence-electron chi connectivity index (χ1n) is 5.49. The van der Waals surface area contributed by atoms with Crippen LogP contribution in [0.15, 0.2) is 18.2 Å². The molecule has 1 atom stereocenters. The predicted molar refractivity (Wildman–Crippen MR) is 62.5 cm³/mol. The van der Waals surface area contributed by atoms with Crippen molar-refractivity contribution in [2.75, 3.05) is 6.54 Å². The van der Waals surface area contributed by atoms with E-state index < -0.39 is 17.8 Å². The minimum Gasteiger partial charge on any atom is -0.480 e. The number of hydrogen-bond acceptors (Lipinski definition) is 2. The van der Waals surface area contributed by atoms with Gasteiger partial charge in [0.2, 0.25) is 0 Å². The van der Waals surface area contributed by atoms with E-state index in [9.17, 15) is 9.18 Å². The Hall–Kier alpha value is -1.13. The number of rotatable bonds is 3. The molecule has 0 radical (unpaired) electrons. The lowest BCUT2D eigenvalue weighted by molar-refractivity contribution is -0.142. The molecule has 0 aromatic heterocycles. The molecule has 0 unspecified atom stereocenters. The zero-order valence-electron chi connectivity index (χ0n) is 9.20. The van der Waals surface area contributed by atoms with Crippen LogP contribution in [0.1, 0.15) is 18.4 Å². The van der Waals surface area contributed by atoms with Crippen molar-refractivity contribution in [3.63, 3.8) is 0 Å². The van der Waals surface area contributed by atoms with Crippen molar-refractivity contribution in [1.82, 2.24) is 4.90 Å². The molecule has 1 aromatic carbocycles. The minimum atomic E-state index is -0.843. The molecule has 0 spiro atoms. The Balaban J connectivity index is 2.15. The zero-order valence-corrected chi connectivity index (χ0v) is 9.95. The molecular formula is C12H13ClFNO2. The average Bonchev–Trinajstić information content (AvgIpc) is 2.73. The lowest BCUT2D eigenvalue weighted by atomic mass is 10.1. The van der Waals surface area contributed by atoms with E-state index in [0.29, 0.717) is 25.1 Å². The van der Waals surface area contributed by atoms with Gasteiger partial charge in [0.25, 0.3) is 0 Å². The first-order chi connectivity index (χ1) is 8.09. The van der Waals surface area contributed by atoms with Gasteiger partial charge in [0.1, 0.15) is 11.9 Å². The van der Waals surface area contributed by atoms with E-state index in [1.54, 1.807) is 17.0 Å². The molecule has 1 aromatic rings. The number of hydrogen-bond donors (Lipinski definition) is 1. The predicted octanol–water partition coefficient (Wildman–Crippen LogP) is 2.53. The smallest absolute Gasteiger partial charge is 0.320 e. The van der Waals surface area contributed by atoms with Crippen LogP contribution in [0.5, 0.6) is 0 Å². The quantitative estimate of drug-likeness (QED) is 0.905. The third kappa shape index (κ3) is 2.58. The number of aliphatic carboxylic acids is 1. The highest BCUT2D eigenvalue weighted by molar-refractivity contribution is 6.30. The van der Waals surface area contributed by atoms with E-state index in [-0.39, 0.29) is 5.02 Å². The van der Waals surface area contributed by atoms with Crippen LogP contribution < -0.4 is 0 Å². The number of carboxylic acids is 1. The lowest BCUT2D eigenvalue weighted by Crippen LogP contribution is -2.35. The van der Waals surface area contributed by atoms with E-state index in [1.165, 1.54) is 6.07 Å². The molecule has 1 aliphatic heterocycles. The van der Waals surface area contributed by atoms with Crippen LogP contribution in [0, 0.1) is 5.82 Å². The molecule has 0 saturated carbocycles. The van der Waals surface area contributed by atoms with E-state index in [1.807, 2.05) is 0 Å². The number of nitrogens with zero attached hydrogens (tertiary/aromatic N) is 1. The van der Waals surface area contributed by atoms with Crippen molar-refractivity contribution >= 4 is 17.6 Å². The molecule has 1 fully saturated rings. The van der Waals surface area contributed by atoms with Gasteiger partial charge in [-0.1, -0.05) is 23.7 Å². The molecule has 0 bridgehead atoms. The van der Waals surface area contributed by atoms with Gasteiger partial charge in [-0.3, -0.25) is 9.69 Å². The van der Waals surface area contributed by atoms with Crippen LogP contribution in [0.2, 0.25) is 5.02 Å². The third-order valence-electron chi connectivity index (χ3n) is 3.05. The second-order valence-corrected chi connectivity index (χ2v) is 4.59. The first kappa shape index (κ1) is 12.3. The summed E-state index contributed by atoms with van der Waals surface area (Å²) in [6, 6.07) is 4.29. The maximum atomic E-state index is 13.7. The highest BCUT2D eigenvalue weighted by Gasteiger charge is 2.30. The highest BCUT2D eigenvalue weighted by atomic mass is 35.5. The van der Waals surface area contributed by atoms with Gasteiger partial charge in [0.05, 0.1) is 5.02 Å². The maximum absolute atomic E-state index is 13.7. The monoisotopic (exact) mass is 257 g/mol. The Morgan fingerprint density at radius 3 is 3.06 bits per heavy atom. The molecule has 2 rings (SSSR count). The first-order valence-corrected chi connectivity index (χ1v) is 5.87. The third-order valence-corrected chi connectivity index (χ3v) is 3.35. The topological polar surface area (TPSA) is 40.5 Å². The fourth-order valence-corrected chi connectivity index (χ4v) is 2.38. The van der Waals surface area contributed by atoms with Gasteiger partial charge in [-0.25, -0.2) is 4.39 Å². The largest absolute Gasteiger partial charge is 0.480 e. The molecule has 0 aliphatic carbocycles. The van der Waals surface area contributed by atoms with Gasteiger partial charge < -0.3 is 5.11 Å². The van der Waals surface area contributed by atoms with Crippen molar-refractivity contribution < 1.29 is 14.3 Å². The molecule has 0 amide bonds. The van der Waals surface area contributed by atoms with Gasteiger partial charge in [0.15, 0.2) is 0 Å². The fourth-order valence-electron chi connectivity index (χ4n) is 2.18. The number of benzene rings is 1. The van der Waals surface area contributed by atoms with Crippen LogP contribution in [0.25, 0.3) is 0 Å². The summed E-state index contributed by atoms with van der Waals surface area (Å²) in [4.78, 5) is 12.8. The Morgan fingerprint density at radius 2 is 2.35 bits per heavy atom. The molecule has 1 saturated heterocycles. The van der Waals surface area contributed by atoms with Crippen LogP contribution in [-0.4, -0.2) is 28.6 Å². The van der Waals surface area contributed by atoms with Crippen LogP contribution in [-0.2, 0) is 11.3 Å². The van der Waals surface area contributed by atoms with E-state index in [0.717, 1.165) is 6.42 Å². The second-order valence-electron chi connectivity index (χ2n) is 4.18. The molecular weight excluding hydrogens is 245 g/mol. The van der Waals surface area contributed by atoms with Crippen molar-refractivity contribution in [3.8, 4) is 0 Å². The summed E-state index contributed by atoms with van der Waals surface area (Å²) in [6.45, 7) is 0.978. The summed E-state index contributed by atoms with van der Waals surface area (Å²) in [5, 5.41) is 9.10. The van der Waals surface area contributed by atoms with Gasteiger partial charge in [-0.15, -0.1) is 0 Å². The number of halogens is 2. The van der Waals surface area contributed by atoms with Gasteiger partial charge in [0, 0.05) is 12.1 Å². The van der Waals surface area contributed by atoms with Crippen molar-refractivity contribution in [2.45, 2.75) is 25.4 Å². The molecule has 1 aliphatic rings. The molecule has 17 heavy (non-hydrogen) atoms. The van der Waals surface area contributed by atoms with Gasteiger partial charge in [-0.05, 0) is 25.5 Å². The summed E-state index contributed by atoms with van der Waals surface area (Å²) in [7, 11) is 0. The molecule has 92 valence electrons. The summed E-state index contributed by atoms with van der Waals surface area (Å²) in [5.74, 6) is -1.30. The average molecular weight is 258 g/mol. The standard InChI is InChI=1S/C12H13ClFNO2/c13-9-4-1-3-8(11(9)14)7-15-6-2-5-10(15)12(16)17/h1,3-4,10H,2,5-7H2,(H,16,17)/t10-/m1/s1. The van der Waals surface area contributed by atoms with Crippen molar-refractivity contribution in [2.24, 2.45) is 0 Å². The van der Waals surface area contributed by atoms with Gasteiger partial charge in [-0.2, -0.15) is 0 Å². The van der Waals surface area contributed by atoms with E-state index in [4.69, 9.17) is 16.7 Å². The van der Waals surface area contributed by atoms with Crippen LogP contribution >= 0.6 is 11.6 Å². The van der Waals surface area contributed by atoms with Crippen molar-refractivity contribution in [3.05, 3.63) is 34.6 Å². The Labute approximate surface area is 104 Å². The summed E-state index contributed by atoms with van der Waals surface area (Å²) < 4.78 is 13.7. The summed E-state index contributed by atoms with van der Waals surface area (Å²) >= 11 is 5.69. The van der Waals surface area contributed by atoms with Crippen molar-refractivity contribution in [1.29, 1.82) is 0 Å².